The van der Waals surface area contributed by atoms with Gasteiger partial charge in [0.1, 0.15) is 17.3 Å². The predicted octanol–water partition coefficient (Wildman–Crippen LogP) is 4.82. The van der Waals surface area contributed by atoms with Crippen LogP contribution in [-0.4, -0.2) is 41.7 Å². The molecule has 1 heterocycles. The molecule has 1 aromatic carbocycles. The molecule has 2 rings (SSSR count). The van der Waals surface area contributed by atoms with Crippen molar-refractivity contribution in [1.29, 1.82) is 0 Å². The number of alkyl halides is 3. The second-order valence-electron chi connectivity index (χ2n) is 5.54. The lowest BCUT2D eigenvalue weighted by molar-refractivity contribution is -0.105. The summed E-state index contributed by atoms with van der Waals surface area (Å²) in [4.78, 5) is 10.4. The van der Waals surface area contributed by atoms with E-state index in [9.17, 15) is 17.6 Å². The molecule has 2 aromatic rings. The van der Waals surface area contributed by atoms with E-state index < -0.39 is 17.7 Å². The van der Waals surface area contributed by atoms with Gasteiger partial charge in [-0.15, -0.1) is 11.8 Å². The Morgan fingerprint density at radius 3 is 2.56 bits per heavy atom. The molecule has 0 fully saturated rings. The molecular weight excluding hydrogens is 354 g/mol. The second kappa shape index (κ2) is 7.86. The molecular formula is C17H17F4N3S. The first-order chi connectivity index (χ1) is 11.7. The van der Waals surface area contributed by atoms with Crippen LogP contribution in [0, 0.1) is 12.7 Å². The molecule has 8 heteroatoms. The molecule has 0 bridgehead atoms. The van der Waals surface area contributed by atoms with Crippen LogP contribution < -0.4 is 0 Å². The van der Waals surface area contributed by atoms with E-state index >= 15 is 0 Å². The number of hydrogen-bond donors (Lipinski definition) is 0. The van der Waals surface area contributed by atoms with E-state index in [1.165, 1.54) is 12.1 Å². The zero-order valence-electron chi connectivity index (χ0n) is 13.9. The Morgan fingerprint density at radius 1 is 1.28 bits per heavy atom. The molecule has 0 unspecified atom stereocenters. The molecule has 1 aromatic heterocycles. The third-order valence-corrected chi connectivity index (χ3v) is 4.43. The Morgan fingerprint density at radius 2 is 2.00 bits per heavy atom. The Labute approximate surface area is 147 Å². The van der Waals surface area contributed by atoms with Crippen LogP contribution in [0.3, 0.4) is 0 Å². The fourth-order valence-electron chi connectivity index (χ4n) is 2.07. The molecule has 0 amide bonds. The van der Waals surface area contributed by atoms with E-state index in [-0.39, 0.29) is 5.69 Å². The highest BCUT2D eigenvalue weighted by Gasteiger charge is 2.27. The summed E-state index contributed by atoms with van der Waals surface area (Å²) in [7, 11) is 3.49. The van der Waals surface area contributed by atoms with Gasteiger partial charge in [-0.05, 0) is 36.8 Å². The monoisotopic (exact) mass is 371 g/mol. The van der Waals surface area contributed by atoms with Crippen LogP contribution in [0.15, 0.2) is 46.5 Å². The van der Waals surface area contributed by atoms with Crippen LogP contribution >= 0.6 is 11.8 Å². The maximum Gasteiger partial charge on any atom is 0.398 e. The second-order valence-corrected chi connectivity index (χ2v) is 6.56. The molecule has 0 saturated heterocycles. The Hall–Kier alpha value is -2.09. The number of pyridine rings is 1. The normalized spacial score (nSPS) is 12.4. The highest BCUT2D eigenvalue weighted by Crippen LogP contribution is 2.33. The van der Waals surface area contributed by atoms with E-state index in [1.807, 2.05) is 0 Å². The van der Waals surface area contributed by atoms with Gasteiger partial charge in [0.05, 0.1) is 5.75 Å². The maximum atomic E-state index is 14.3. The third kappa shape index (κ3) is 5.45. The lowest BCUT2D eigenvalue weighted by atomic mass is 10.2. The van der Waals surface area contributed by atoms with E-state index in [2.05, 4.69) is 9.98 Å². The molecule has 0 atom stereocenters. The van der Waals surface area contributed by atoms with Crippen LogP contribution in [0.1, 0.15) is 11.1 Å². The number of aliphatic imine (C=N–C) groups is 1. The Kier molecular flexibility index (Phi) is 6.05. The zero-order chi connectivity index (χ0) is 18.6. The molecule has 3 nitrogen and oxygen atoms in total. The molecule has 0 N–H and O–H groups in total. The molecule has 0 saturated carbocycles. The maximum absolute atomic E-state index is 14.3. The molecule has 0 aliphatic carbocycles. The van der Waals surface area contributed by atoms with Crippen molar-refractivity contribution in [3.8, 4) is 0 Å². The highest BCUT2D eigenvalue weighted by molar-refractivity contribution is 7.99. The molecule has 0 spiro atoms. The summed E-state index contributed by atoms with van der Waals surface area (Å²) >= 11 is 0.621. The van der Waals surface area contributed by atoms with Crippen LogP contribution in [0.4, 0.5) is 23.2 Å². The summed E-state index contributed by atoms with van der Waals surface area (Å²) in [6.45, 7) is 1.57. The number of amidine groups is 1. The molecule has 134 valence electrons. The number of nitrogens with zero attached hydrogens (tertiary/aromatic N) is 3. The largest absolute Gasteiger partial charge is 0.398 e. The number of benzene rings is 1. The molecule has 0 radical (unpaired) electrons. The van der Waals surface area contributed by atoms with Crippen molar-refractivity contribution < 1.29 is 17.6 Å². The average Bonchev–Trinajstić information content (AvgIpc) is 2.52. The standard InChI is InChI=1S/C17H17F4N3S/c1-11-7-13(18)14(8-15(11)25-10-17(19,20)21)23-16(24(2)3)12-5-4-6-22-9-12/h4-9H,10H2,1-3H3/b23-16-. The first kappa shape index (κ1) is 19.2. The minimum Gasteiger partial charge on any atom is -0.362 e. The van der Waals surface area contributed by atoms with Gasteiger partial charge >= 0.3 is 6.18 Å². The Bertz CT molecular complexity index is 758. The number of hydrogen-bond acceptors (Lipinski definition) is 3. The van der Waals surface area contributed by atoms with E-state index in [4.69, 9.17) is 0 Å². The van der Waals surface area contributed by atoms with Crippen molar-refractivity contribution in [2.45, 2.75) is 18.0 Å². The number of aryl methyl sites for hydroxylation is 1. The summed E-state index contributed by atoms with van der Waals surface area (Å²) in [6.07, 6.45) is -1.10. The van der Waals surface area contributed by atoms with Gasteiger partial charge in [0.15, 0.2) is 0 Å². The number of thioether (sulfide) groups is 1. The highest BCUT2D eigenvalue weighted by atomic mass is 32.2. The third-order valence-electron chi connectivity index (χ3n) is 3.21. The quantitative estimate of drug-likeness (QED) is 0.334. The lowest BCUT2D eigenvalue weighted by Gasteiger charge is -2.16. The lowest BCUT2D eigenvalue weighted by Crippen LogP contribution is -2.23. The van der Waals surface area contributed by atoms with Crippen LogP contribution in [-0.2, 0) is 0 Å². The number of aromatic nitrogens is 1. The summed E-state index contributed by atoms with van der Waals surface area (Å²) in [5.41, 5.74) is 1.11. The summed E-state index contributed by atoms with van der Waals surface area (Å²) in [5, 5.41) is 0. The first-order valence-electron chi connectivity index (χ1n) is 7.33. The number of halogens is 4. The zero-order valence-corrected chi connectivity index (χ0v) is 14.7. The average molecular weight is 371 g/mol. The molecule has 0 aliphatic heterocycles. The van der Waals surface area contributed by atoms with Crippen molar-refractivity contribution in [2.24, 2.45) is 4.99 Å². The van der Waals surface area contributed by atoms with Crippen molar-refractivity contribution in [1.82, 2.24) is 9.88 Å². The van der Waals surface area contributed by atoms with Gasteiger partial charge in [-0.2, -0.15) is 13.2 Å². The van der Waals surface area contributed by atoms with Crippen molar-refractivity contribution in [2.75, 3.05) is 19.8 Å². The van der Waals surface area contributed by atoms with Crippen molar-refractivity contribution in [3.63, 3.8) is 0 Å². The SMILES string of the molecule is Cc1cc(F)c(/N=C(/c2cccnc2)N(C)C)cc1SCC(F)(F)F. The van der Waals surface area contributed by atoms with Gasteiger partial charge < -0.3 is 4.90 Å². The number of rotatable bonds is 4. The van der Waals surface area contributed by atoms with E-state index in [1.54, 1.807) is 50.4 Å². The Balaban J connectivity index is 2.43. The molecule has 25 heavy (non-hydrogen) atoms. The first-order valence-corrected chi connectivity index (χ1v) is 8.32. The summed E-state index contributed by atoms with van der Waals surface area (Å²) < 4.78 is 51.6. The fraction of sp³-hybridized carbons (Fsp3) is 0.294. The van der Waals surface area contributed by atoms with Crippen LogP contribution in [0.25, 0.3) is 0 Å². The minimum atomic E-state index is -4.29. The van der Waals surface area contributed by atoms with Crippen LogP contribution in [0.5, 0.6) is 0 Å². The van der Waals surface area contributed by atoms with Gasteiger partial charge in [-0.3, -0.25) is 4.98 Å². The van der Waals surface area contributed by atoms with Gasteiger partial charge in [-0.25, -0.2) is 9.38 Å². The smallest absolute Gasteiger partial charge is 0.362 e. The van der Waals surface area contributed by atoms with E-state index in [0.29, 0.717) is 33.6 Å². The van der Waals surface area contributed by atoms with Gasteiger partial charge in [-0.1, -0.05) is 0 Å². The van der Waals surface area contributed by atoms with E-state index in [0.717, 1.165) is 0 Å². The topological polar surface area (TPSA) is 28.5 Å². The van der Waals surface area contributed by atoms with Crippen molar-refractivity contribution in [3.05, 3.63) is 53.6 Å². The van der Waals surface area contributed by atoms with Gasteiger partial charge in [0, 0.05) is 36.9 Å². The minimum absolute atomic E-state index is 0.0113. The van der Waals surface area contributed by atoms with Gasteiger partial charge in [0.25, 0.3) is 0 Å². The molecule has 0 aliphatic rings. The summed E-state index contributed by atoms with van der Waals surface area (Å²) in [6, 6.07) is 6.05. The predicted molar refractivity (Wildman–Crippen MR) is 92.0 cm³/mol. The van der Waals surface area contributed by atoms with Gasteiger partial charge in [0.2, 0.25) is 0 Å². The van der Waals surface area contributed by atoms with Crippen LogP contribution in [0.2, 0.25) is 0 Å². The summed E-state index contributed by atoms with van der Waals surface area (Å²) in [5.74, 6) is -1.16. The fourth-order valence-corrected chi connectivity index (χ4v) is 2.88. The van der Waals surface area contributed by atoms with Crippen molar-refractivity contribution >= 4 is 23.3 Å².